The Morgan fingerprint density at radius 3 is 2.22 bits per heavy atom. The van der Waals surface area contributed by atoms with E-state index >= 15 is 0 Å². The van der Waals surface area contributed by atoms with Gasteiger partial charge < -0.3 is 24.5 Å². The molecule has 0 saturated heterocycles. The molecule has 0 saturated carbocycles. The zero-order valence-corrected chi connectivity index (χ0v) is 18.8. The number of hydrogen-bond donors (Lipinski definition) is 3. The van der Waals surface area contributed by atoms with Crippen molar-refractivity contribution in [2.75, 3.05) is 7.11 Å². The quantitative estimate of drug-likeness (QED) is 0.304. The molecule has 6 nitrogen and oxygen atoms in total. The van der Waals surface area contributed by atoms with Gasteiger partial charge in [0.1, 0.15) is 39.7 Å². The number of benzene rings is 2. The number of rotatable bonds is 11. The molecule has 2 aromatic carbocycles. The van der Waals surface area contributed by atoms with E-state index in [9.17, 15) is 20.1 Å². The summed E-state index contributed by atoms with van der Waals surface area (Å²) in [5.41, 5.74) is 0.578. The molecule has 0 radical (unpaired) electrons. The lowest BCUT2D eigenvalue weighted by Gasteiger charge is -2.13. The second-order valence-corrected chi connectivity index (χ2v) is 8.18. The molecule has 0 aliphatic heterocycles. The van der Waals surface area contributed by atoms with Gasteiger partial charge in [-0.3, -0.25) is 4.79 Å². The first-order valence-corrected chi connectivity index (χ1v) is 11.3. The van der Waals surface area contributed by atoms with Gasteiger partial charge in [0, 0.05) is 23.8 Å². The van der Waals surface area contributed by atoms with Crippen molar-refractivity contribution in [3.05, 3.63) is 46.1 Å². The maximum atomic E-state index is 13.4. The molecule has 0 unspecified atom stereocenters. The first-order chi connectivity index (χ1) is 15.5. The predicted molar refractivity (Wildman–Crippen MR) is 126 cm³/mol. The summed E-state index contributed by atoms with van der Waals surface area (Å²) in [4.78, 5) is 13.4. The van der Waals surface area contributed by atoms with Gasteiger partial charge in [-0.2, -0.15) is 0 Å². The Hall–Kier alpha value is -3.15. The lowest BCUT2D eigenvalue weighted by molar-refractivity contribution is 0.408. The maximum Gasteiger partial charge on any atom is 0.200 e. The Kier molecular flexibility index (Phi) is 8.03. The average molecular weight is 441 g/mol. The van der Waals surface area contributed by atoms with E-state index in [1.165, 1.54) is 69.5 Å². The molecule has 3 rings (SSSR count). The van der Waals surface area contributed by atoms with Crippen LogP contribution >= 0.6 is 0 Å². The highest BCUT2D eigenvalue weighted by Crippen LogP contribution is 2.37. The minimum Gasteiger partial charge on any atom is -0.508 e. The standard InChI is InChI=1S/C26H32O6/c1-3-4-5-6-7-8-9-10-11-20-25(30)24-22(29)15-18(31-2)16-23(24)32-26(20)19-13-12-17(27)14-21(19)28/h12-16,27-29H,3-11H2,1-2H3. The molecular weight excluding hydrogens is 408 g/mol. The largest absolute Gasteiger partial charge is 0.508 e. The van der Waals surface area contributed by atoms with E-state index in [1.54, 1.807) is 0 Å². The number of aromatic hydroxyl groups is 3. The molecule has 172 valence electrons. The van der Waals surface area contributed by atoms with Gasteiger partial charge in [-0.05, 0) is 25.0 Å². The Bertz CT molecular complexity index is 1120. The molecule has 1 aromatic heterocycles. The van der Waals surface area contributed by atoms with E-state index in [1.807, 2.05) is 0 Å². The van der Waals surface area contributed by atoms with Crippen molar-refractivity contribution < 1.29 is 24.5 Å². The van der Waals surface area contributed by atoms with Crippen LogP contribution in [0.1, 0.15) is 63.9 Å². The number of hydrogen-bond acceptors (Lipinski definition) is 6. The van der Waals surface area contributed by atoms with E-state index in [4.69, 9.17) is 9.15 Å². The fourth-order valence-electron chi connectivity index (χ4n) is 4.02. The topological polar surface area (TPSA) is 100 Å². The smallest absolute Gasteiger partial charge is 0.200 e. The lowest BCUT2D eigenvalue weighted by atomic mass is 9.98. The monoisotopic (exact) mass is 440 g/mol. The van der Waals surface area contributed by atoms with E-state index in [0.29, 0.717) is 23.3 Å². The Morgan fingerprint density at radius 1 is 0.875 bits per heavy atom. The average Bonchev–Trinajstić information content (AvgIpc) is 2.76. The fourth-order valence-corrected chi connectivity index (χ4v) is 4.02. The first-order valence-electron chi connectivity index (χ1n) is 11.3. The molecule has 32 heavy (non-hydrogen) atoms. The number of fused-ring (bicyclic) bond motifs is 1. The predicted octanol–water partition coefficient (Wildman–Crippen LogP) is 6.27. The van der Waals surface area contributed by atoms with E-state index in [0.717, 1.165) is 19.3 Å². The summed E-state index contributed by atoms with van der Waals surface area (Å²) in [5.74, 6) is 0.132. The van der Waals surface area contributed by atoms with Crippen LogP contribution in [0.2, 0.25) is 0 Å². The highest BCUT2D eigenvalue weighted by Gasteiger charge is 2.21. The zero-order valence-electron chi connectivity index (χ0n) is 18.8. The number of phenols is 3. The summed E-state index contributed by atoms with van der Waals surface area (Å²) in [6.07, 6.45) is 9.52. The van der Waals surface area contributed by atoms with Crippen LogP contribution in [0.5, 0.6) is 23.0 Å². The molecule has 0 aliphatic rings. The number of ether oxygens (including phenoxy) is 1. The van der Waals surface area contributed by atoms with Crippen LogP contribution in [-0.2, 0) is 6.42 Å². The van der Waals surface area contributed by atoms with Crippen molar-refractivity contribution in [3.63, 3.8) is 0 Å². The third-order valence-corrected chi connectivity index (χ3v) is 5.78. The highest BCUT2D eigenvalue weighted by molar-refractivity contribution is 5.87. The van der Waals surface area contributed by atoms with Gasteiger partial charge in [0.15, 0.2) is 5.43 Å². The molecule has 0 amide bonds. The molecule has 1 heterocycles. The Balaban J connectivity index is 1.94. The van der Waals surface area contributed by atoms with E-state index < -0.39 is 0 Å². The molecule has 3 N–H and O–H groups in total. The lowest BCUT2D eigenvalue weighted by Crippen LogP contribution is -2.12. The molecule has 0 atom stereocenters. The minimum absolute atomic E-state index is 0.0849. The highest BCUT2D eigenvalue weighted by atomic mass is 16.5. The van der Waals surface area contributed by atoms with Crippen molar-refractivity contribution in [1.82, 2.24) is 0 Å². The minimum atomic E-state index is -0.322. The zero-order chi connectivity index (χ0) is 23.1. The van der Waals surface area contributed by atoms with Crippen LogP contribution in [0.3, 0.4) is 0 Å². The summed E-state index contributed by atoms with van der Waals surface area (Å²) in [6.45, 7) is 2.20. The third kappa shape index (κ3) is 5.36. The summed E-state index contributed by atoms with van der Waals surface area (Å²) >= 11 is 0. The summed E-state index contributed by atoms with van der Waals surface area (Å²) < 4.78 is 11.2. The number of unbranched alkanes of at least 4 members (excludes halogenated alkanes) is 7. The molecule has 3 aromatic rings. The number of phenolic OH excluding ortho intramolecular Hbond substituents is 3. The third-order valence-electron chi connectivity index (χ3n) is 5.78. The van der Waals surface area contributed by atoms with Crippen molar-refractivity contribution in [1.29, 1.82) is 0 Å². The van der Waals surface area contributed by atoms with Gasteiger partial charge in [0.2, 0.25) is 0 Å². The molecule has 0 bridgehead atoms. The molecule has 0 fully saturated rings. The van der Waals surface area contributed by atoms with Crippen molar-refractivity contribution >= 4 is 11.0 Å². The van der Waals surface area contributed by atoms with Crippen LogP contribution in [0.15, 0.2) is 39.5 Å². The van der Waals surface area contributed by atoms with Crippen molar-refractivity contribution in [3.8, 4) is 34.3 Å². The van der Waals surface area contributed by atoms with Gasteiger partial charge in [0.05, 0.1) is 12.7 Å². The van der Waals surface area contributed by atoms with Crippen LogP contribution in [0.25, 0.3) is 22.3 Å². The Morgan fingerprint density at radius 2 is 1.56 bits per heavy atom. The molecule has 0 aliphatic carbocycles. The second kappa shape index (κ2) is 10.9. The van der Waals surface area contributed by atoms with Gasteiger partial charge in [-0.15, -0.1) is 0 Å². The second-order valence-electron chi connectivity index (χ2n) is 8.18. The first kappa shape index (κ1) is 23.5. The maximum absolute atomic E-state index is 13.4. The van der Waals surface area contributed by atoms with Crippen LogP contribution in [0.4, 0.5) is 0 Å². The van der Waals surface area contributed by atoms with Gasteiger partial charge in [0.25, 0.3) is 0 Å². The normalized spacial score (nSPS) is 11.2. The van der Waals surface area contributed by atoms with E-state index in [-0.39, 0.29) is 39.4 Å². The SMILES string of the molecule is CCCCCCCCCCc1c(-c2ccc(O)cc2O)oc2cc(OC)cc(O)c2c1=O. The van der Waals surface area contributed by atoms with Crippen molar-refractivity contribution in [2.45, 2.75) is 64.7 Å². The van der Waals surface area contributed by atoms with Gasteiger partial charge >= 0.3 is 0 Å². The Labute approximate surface area is 188 Å². The van der Waals surface area contributed by atoms with Gasteiger partial charge in [-0.25, -0.2) is 0 Å². The number of methoxy groups -OCH3 is 1. The van der Waals surface area contributed by atoms with Crippen molar-refractivity contribution in [2.24, 2.45) is 0 Å². The van der Waals surface area contributed by atoms with E-state index in [2.05, 4.69) is 6.92 Å². The van der Waals surface area contributed by atoms with Gasteiger partial charge in [-0.1, -0.05) is 51.9 Å². The molecule has 6 heteroatoms. The molecular formula is C26H32O6. The van der Waals surface area contributed by atoms with Crippen LogP contribution in [0, 0.1) is 0 Å². The van der Waals surface area contributed by atoms with Crippen LogP contribution < -0.4 is 10.2 Å². The summed E-state index contributed by atoms with van der Waals surface area (Å²) in [6, 6.07) is 7.09. The summed E-state index contributed by atoms with van der Waals surface area (Å²) in [7, 11) is 1.46. The molecule has 0 spiro atoms. The fraction of sp³-hybridized carbons (Fsp3) is 0.423. The summed E-state index contributed by atoms with van der Waals surface area (Å²) in [5, 5.41) is 30.6. The van der Waals surface area contributed by atoms with Crippen LogP contribution in [-0.4, -0.2) is 22.4 Å².